The summed E-state index contributed by atoms with van der Waals surface area (Å²) in [5, 5.41) is 7.98. The van der Waals surface area contributed by atoms with Gasteiger partial charge in [-0.1, -0.05) is 30.3 Å². The summed E-state index contributed by atoms with van der Waals surface area (Å²) in [4.78, 5) is 24.2. The van der Waals surface area contributed by atoms with Gasteiger partial charge in [0.2, 0.25) is 0 Å². The fraction of sp³-hybridized carbons (Fsp3) is 0.391. The zero-order chi connectivity index (χ0) is 25.6. The Morgan fingerprint density at radius 2 is 1.57 bits per heavy atom. The van der Waals surface area contributed by atoms with Crippen LogP contribution in [0, 0.1) is 0 Å². The Bertz CT molecular complexity index is 1110. The van der Waals surface area contributed by atoms with Crippen LogP contribution in [0.25, 0.3) is 0 Å². The van der Waals surface area contributed by atoms with E-state index in [1.54, 1.807) is 30.3 Å². The number of urea groups is 1. The third kappa shape index (κ3) is 4.85. The maximum atomic E-state index is 13.3. The number of carbonyl (C=O) groups is 2. The third-order valence-corrected chi connectivity index (χ3v) is 6.33. The van der Waals surface area contributed by atoms with Gasteiger partial charge in [-0.3, -0.25) is 10.1 Å². The highest BCUT2D eigenvalue weighted by molar-refractivity contribution is 6.07. The molecule has 0 bridgehead atoms. The Kier molecular flexibility index (Phi) is 6.08. The van der Waals surface area contributed by atoms with Crippen LogP contribution in [0.2, 0.25) is 0 Å². The summed E-state index contributed by atoms with van der Waals surface area (Å²) in [6.45, 7) is 1.21. The summed E-state index contributed by atoms with van der Waals surface area (Å²) in [5.41, 5.74) is -4.79. The minimum Gasteiger partial charge on any atom is -0.372 e. The van der Waals surface area contributed by atoms with E-state index in [2.05, 4.69) is 16.0 Å². The van der Waals surface area contributed by atoms with Crippen LogP contribution in [0.15, 0.2) is 48.5 Å². The topological polar surface area (TPSA) is 79.5 Å². The second kappa shape index (κ2) is 8.52. The average molecular weight is 501 g/mol. The molecular formula is C23H21F6N3O3. The fourth-order valence-corrected chi connectivity index (χ4v) is 4.46. The van der Waals surface area contributed by atoms with Gasteiger partial charge in [0.1, 0.15) is 5.54 Å². The summed E-state index contributed by atoms with van der Waals surface area (Å²) in [5.74, 6) is -0.534. The molecule has 3 atom stereocenters. The first-order valence-electron chi connectivity index (χ1n) is 10.6. The lowest BCUT2D eigenvalue weighted by Crippen LogP contribution is -2.48. The fourth-order valence-electron chi connectivity index (χ4n) is 4.46. The molecule has 0 radical (unpaired) electrons. The number of hydrogen-bond donors (Lipinski definition) is 3. The number of benzene rings is 2. The molecule has 12 heteroatoms. The Morgan fingerprint density at radius 1 is 0.971 bits per heavy atom. The highest BCUT2D eigenvalue weighted by Crippen LogP contribution is 2.41. The molecule has 6 nitrogen and oxygen atoms in total. The zero-order valence-corrected chi connectivity index (χ0v) is 18.3. The standard InChI is InChI=1S/C23H21F6N3O3/c1-13(14-7-16(22(24,25)26)9-17(8-14)23(27,28)29)35-12-21(15-5-3-2-4-6-15)10-20(11-30-21)18(33)31-19(34)32-20/h2-9,13,30H,10-12H2,1H3,(H2,31,32,33,34)/t13-,20?,21-/m1/s1. The maximum absolute atomic E-state index is 13.3. The minimum atomic E-state index is -4.98. The average Bonchev–Trinajstić information content (AvgIpc) is 3.30. The minimum absolute atomic E-state index is 0.0546. The highest BCUT2D eigenvalue weighted by atomic mass is 19.4. The third-order valence-electron chi connectivity index (χ3n) is 6.33. The van der Waals surface area contributed by atoms with E-state index in [1.807, 2.05) is 0 Å². The summed E-state index contributed by atoms with van der Waals surface area (Å²) in [6, 6.07) is 9.40. The van der Waals surface area contributed by atoms with Gasteiger partial charge in [0.25, 0.3) is 5.91 Å². The number of imide groups is 1. The van der Waals surface area contributed by atoms with Crippen molar-refractivity contribution in [3.05, 3.63) is 70.8 Å². The van der Waals surface area contributed by atoms with Crippen LogP contribution < -0.4 is 16.0 Å². The lowest BCUT2D eigenvalue weighted by atomic mass is 9.83. The predicted molar refractivity (Wildman–Crippen MR) is 111 cm³/mol. The van der Waals surface area contributed by atoms with Crippen molar-refractivity contribution in [1.82, 2.24) is 16.0 Å². The lowest BCUT2D eigenvalue weighted by molar-refractivity contribution is -0.143. The molecule has 1 spiro atoms. The monoisotopic (exact) mass is 501 g/mol. The number of halogens is 6. The van der Waals surface area contributed by atoms with Crippen molar-refractivity contribution < 1.29 is 40.7 Å². The van der Waals surface area contributed by atoms with E-state index >= 15 is 0 Å². The van der Waals surface area contributed by atoms with Crippen molar-refractivity contribution in [2.75, 3.05) is 13.2 Å². The quantitative estimate of drug-likeness (QED) is 0.423. The molecule has 35 heavy (non-hydrogen) atoms. The van der Waals surface area contributed by atoms with E-state index in [-0.39, 0.29) is 31.2 Å². The maximum Gasteiger partial charge on any atom is 0.416 e. The highest BCUT2D eigenvalue weighted by Gasteiger charge is 2.57. The van der Waals surface area contributed by atoms with E-state index in [9.17, 15) is 35.9 Å². The number of amides is 3. The van der Waals surface area contributed by atoms with E-state index in [4.69, 9.17) is 4.74 Å². The molecule has 2 heterocycles. The molecule has 3 amide bonds. The molecule has 188 valence electrons. The molecule has 2 fully saturated rings. The number of nitrogens with one attached hydrogen (secondary N) is 3. The second-order valence-corrected chi connectivity index (χ2v) is 8.76. The lowest BCUT2D eigenvalue weighted by Gasteiger charge is -2.32. The van der Waals surface area contributed by atoms with E-state index in [1.165, 1.54) is 6.92 Å². The summed E-state index contributed by atoms with van der Waals surface area (Å²) < 4.78 is 85.4. The van der Waals surface area contributed by atoms with Crippen LogP contribution in [-0.2, 0) is 27.4 Å². The van der Waals surface area contributed by atoms with Crippen LogP contribution in [-0.4, -0.2) is 30.6 Å². The Balaban J connectivity index is 1.63. The molecule has 4 rings (SSSR count). The number of hydrogen-bond acceptors (Lipinski definition) is 4. The summed E-state index contributed by atoms with van der Waals surface area (Å²) in [6.07, 6.45) is -11.0. The first-order valence-corrected chi connectivity index (χ1v) is 10.6. The Hall–Kier alpha value is -3.12. The number of carbonyl (C=O) groups excluding carboxylic acids is 2. The normalized spacial score (nSPS) is 25.6. The van der Waals surface area contributed by atoms with Crippen molar-refractivity contribution in [3.8, 4) is 0 Å². The van der Waals surface area contributed by atoms with Crippen LogP contribution in [0.4, 0.5) is 31.1 Å². The number of alkyl halides is 6. The van der Waals surface area contributed by atoms with Gasteiger partial charge in [-0.05, 0) is 36.2 Å². The van der Waals surface area contributed by atoms with Crippen molar-refractivity contribution in [3.63, 3.8) is 0 Å². The van der Waals surface area contributed by atoms with Gasteiger partial charge in [0.15, 0.2) is 0 Å². The zero-order valence-electron chi connectivity index (χ0n) is 18.3. The molecular weight excluding hydrogens is 480 g/mol. The molecule has 0 aromatic heterocycles. The first-order chi connectivity index (χ1) is 16.2. The van der Waals surface area contributed by atoms with E-state index in [0.717, 1.165) is 0 Å². The first kappa shape index (κ1) is 25.0. The van der Waals surface area contributed by atoms with Gasteiger partial charge >= 0.3 is 18.4 Å². The molecule has 0 saturated carbocycles. The van der Waals surface area contributed by atoms with Gasteiger partial charge in [-0.15, -0.1) is 0 Å². The smallest absolute Gasteiger partial charge is 0.372 e. The van der Waals surface area contributed by atoms with Crippen molar-refractivity contribution >= 4 is 11.9 Å². The number of ether oxygens (including phenoxy) is 1. The SMILES string of the molecule is C[C@@H](OC[C@@]1(c2ccccc2)CC2(CN1)NC(=O)NC2=O)c1cc(C(F)(F)F)cc(C(F)(F)F)c1. The Labute approximate surface area is 196 Å². The molecule has 3 N–H and O–H groups in total. The molecule has 2 aliphatic rings. The van der Waals surface area contributed by atoms with Crippen LogP contribution in [0.5, 0.6) is 0 Å². The van der Waals surface area contributed by atoms with Crippen molar-refractivity contribution in [1.29, 1.82) is 0 Å². The molecule has 2 aromatic carbocycles. The number of rotatable bonds is 5. The van der Waals surface area contributed by atoms with E-state index < -0.39 is 52.6 Å². The Morgan fingerprint density at radius 3 is 2.09 bits per heavy atom. The van der Waals surface area contributed by atoms with Gasteiger partial charge in [0, 0.05) is 13.0 Å². The summed E-state index contributed by atoms with van der Waals surface area (Å²) >= 11 is 0. The van der Waals surface area contributed by atoms with Crippen LogP contribution >= 0.6 is 0 Å². The predicted octanol–water partition coefficient (Wildman–Crippen LogP) is 4.27. The van der Waals surface area contributed by atoms with Crippen LogP contribution in [0.1, 0.15) is 41.7 Å². The van der Waals surface area contributed by atoms with E-state index in [0.29, 0.717) is 17.7 Å². The van der Waals surface area contributed by atoms with Gasteiger partial charge in [0.05, 0.1) is 29.4 Å². The molecule has 2 aliphatic heterocycles. The molecule has 0 aliphatic carbocycles. The molecule has 2 saturated heterocycles. The summed E-state index contributed by atoms with van der Waals surface area (Å²) in [7, 11) is 0. The van der Waals surface area contributed by atoms with Gasteiger partial charge < -0.3 is 15.4 Å². The second-order valence-electron chi connectivity index (χ2n) is 8.76. The van der Waals surface area contributed by atoms with Crippen molar-refractivity contribution in [2.24, 2.45) is 0 Å². The van der Waals surface area contributed by atoms with Crippen molar-refractivity contribution in [2.45, 2.75) is 42.9 Å². The molecule has 2 aromatic rings. The largest absolute Gasteiger partial charge is 0.416 e. The van der Waals surface area contributed by atoms with Gasteiger partial charge in [-0.2, -0.15) is 26.3 Å². The van der Waals surface area contributed by atoms with Gasteiger partial charge in [-0.25, -0.2) is 4.79 Å². The van der Waals surface area contributed by atoms with Crippen LogP contribution in [0.3, 0.4) is 0 Å². The molecule has 1 unspecified atom stereocenters.